The van der Waals surface area contributed by atoms with Crippen LogP contribution in [0.5, 0.6) is 0 Å². The van der Waals surface area contributed by atoms with Gasteiger partial charge in [0.15, 0.2) is 0 Å². The molecule has 0 radical (unpaired) electrons. The summed E-state index contributed by atoms with van der Waals surface area (Å²) >= 11 is 0. The first-order valence-electron chi connectivity index (χ1n) is 6.48. The topological polar surface area (TPSA) is 64.3 Å². The third-order valence-corrected chi connectivity index (χ3v) is 3.14. The molecule has 1 aliphatic heterocycles. The van der Waals surface area contributed by atoms with Gasteiger partial charge in [0.2, 0.25) is 0 Å². The maximum absolute atomic E-state index is 5.92. The lowest BCUT2D eigenvalue weighted by molar-refractivity contribution is -0.0790. The van der Waals surface area contributed by atoms with E-state index in [4.69, 9.17) is 10.5 Å². The van der Waals surface area contributed by atoms with Crippen LogP contribution < -0.4 is 10.6 Å². The van der Waals surface area contributed by atoms with E-state index in [0.29, 0.717) is 6.54 Å². The van der Waals surface area contributed by atoms with Gasteiger partial charge in [-0.2, -0.15) is 0 Å². The van der Waals surface area contributed by atoms with Gasteiger partial charge in [0.1, 0.15) is 12.1 Å². The normalized spacial score (nSPS) is 23.1. The summed E-state index contributed by atoms with van der Waals surface area (Å²) in [7, 11) is 0. The van der Waals surface area contributed by atoms with Gasteiger partial charge in [-0.3, -0.25) is 0 Å². The number of morpholine rings is 1. The van der Waals surface area contributed by atoms with Crippen LogP contribution in [-0.4, -0.2) is 41.3 Å². The van der Waals surface area contributed by atoms with Crippen molar-refractivity contribution in [2.45, 2.75) is 38.9 Å². The first-order valence-corrected chi connectivity index (χ1v) is 6.48. The molecule has 1 unspecified atom stereocenters. The van der Waals surface area contributed by atoms with E-state index >= 15 is 0 Å². The number of rotatable bonds is 3. The third kappa shape index (κ3) is 2.97. The molecule has 0 amide bonds. The number of hydrogen-bond acceptors (Lipinski definition) is 5. The minimum atomic E-state index is -0.195. The fourth-order valence-corrected chi connectivity index (χ4v) is 2.34. The molecule has 18 heavy (non-hydrogen) atoms. The lowest BCUT2D eigenvalue weighted by Gasteiger charge is -2.43. The van der Waals surface area contributed by atoms with E-state index in [2.05, 4.69) is 41.7 Å². The fraction of sp³-hybridized carbons (Fsp3) is 0.692. The summed E-state index contributed by atoms with van der Waals surface area (Å²) in [5.41, 5.74) is 6.60. The summed E-state index contributed by atoms with van der Waals surface area (Å²) in [5.74, 6) is 0.969. The van der Waals surface area contributed by atoms with E-state index in [9.17, 15) is 0 Å². The molecular weight excluding hydrogens is 228 g/mol. The van der Waals surface area contributed by atoms with E-state index in [-0.39, 0.29) is 11.7 Å². The zero-order chi connectivity index (χ0) is 13.2. The molecule has 5 nitrogen and oxygen atoms in total. The van der Waals surface area contributed by atoms with Gasteiger partial charge in [0, 0.05) is 31.4 Å². The van der Waals surface area contributed by atoms with Gasteiger partial charge in [-0.25, -0.2) is 9.97 Å². The van der Waals surface area contributed by atoms with Crippen LogP contribution in [0.4, 0.5) is 5.82 Å². The molecule has 0 spiro atoms. The van der Waals surface area contributed by atoms with Crippen molar-refractivity contribution in [2.24, 2.45) is 5.73 Å². The van der Waals surface area contributed by atoms with Gasteiger partial charge < -0.3 is 15.4 Å². The summed E-state index contributed by atoms with van der Waals surface area (Å²) in [6.07, 6.45) is 2.62. The molecule has 5 heteroatoms. The van der Waals surface area contributed by atoms with Crippen LogP contribution in [0.15, 0.2) is 12.4 Å². The number of anilines is 1. The Hall–Kier alpha value is -1.20. The summed E-state index contributed by atoms with van der Waals surface area (Å²) in [4.78, 5) is 10.8. The maximum Gasteiger partial charge on any atom is 0.132 e. The van der Waals surface area contributed by atoms with Gasteiger partial charge in [-0.1, -0.05) is 6.92 Å². The lowest BCUT2D eigenvalue weighted by Crippen LogP contribution is -2.55. The average Bonchev–Trinajstić information content (AvgIpc) is 2.37. The monoisotopic (exact) mass is 250 g/mol. The average molecular weight is 250 g/mol. The van der Waals surface area contributed by atoms with Crippen molar-refractivity contribution in [2.75, 3.05) is 24.5 Å². The molecule has 2 rings (SSSR count). The predicted molar refractivity (Wildman–Crippen MR) is 71.6 cm³/mol. The van der Waals surface area contributed by atoms with Crippen LogP contribution in [0.2, 0.25) is 0 Å². The number of aryl methyl sites for hydroxylation is 1. The Morgan fingerprint density at radius 2 is 2.28 bits per heavy atom. The van der Waals surface area contributed by atoms with Crippen LogP contribution in [-0.2, 0) is 11.2 Å². The quantitative estimate of drug-likeness (QED) is 0.866. The van der Waals surface area contributed by atoms with E-state index in [1.54, 1.807) is 6.33 Å². The summed E-state index contributed by atoms with van der Waals surface area (Å²) in [6, 6.07) is 2.05. The zero-order valence-electron chi connectivity index (χ0n) is 11.4. The Morgan fingerprint density at radius 1 is 1.50 bits per heavy atom. The summed E-state index contributed by atoms with van der Waals surface area (Å²) in [5, 5.41) is 0. The minimum Gasteiger partial charge on any atom is -0.367 e. The van der Waals surface area contributed by atoms with Crippen molar-refractivity contribution < 1.29 is 4.74 Å². The summed E-state index contributed by atoms with van der Waals surface area (Å²) in [6.45, 7) is 8.42. The van der Waals surface area contributed by atoms with E-state index in [1.165, 1.54) is 0 Å². The Balaban J connectivity index is 2.20. The number of nitrogens with zero attached hydrogens (tertiary/aromatic N) is 3. The Labute approximate surface area is 108 Å². The molecule has 100 valence electrons. The van der Waals surface area contributed by atoms with Crippen molar-refractivity contribution in [1.29, 1.82) is 0 Å². The molecule has 1 aromatic rings. The molecular formula is C13H22N4O. The number of aromatic nitrogens is 2. The van der Waals surface area contributed by atoms with Crippen molar-refractivity contribution in [3.8, 4) is 0 Å². The Bertz CT molecular complexity index is 408. The van der Waals surface area contributed by atoms with Gasteiger partial charge in [-0.05, 0) is 20.3 Å². The maximum atomic E-state index is 5.92. The molecule has 0 aromatic carbocycles. The van der Waals surface area contributed by atoms with Gasteiger partial charge in [0.25, 0.3) is 0 Å². The van der Waals surface area contributed by atoms with E-state index in [1.807, 2.05) is 0 Å². The first-order chi connectivity index (χ1) is 8.54. The van der Waals surface area contributed by atoms with E-state index in [0.717, 1.165) is 31.0 Å². The second-order valence-corrected chi connectivity index (χ2v) is 5.34. The van der Waals surface area contributed by atoms with E-state index < -0.39 is 0 Å². The molecule has 0 saturated carbocycles. The van der Waals surface area contributed by atoms with Gasteiger partial charge in [0.05, 0.1) is 11.7 Å². The largest absolute Gasteiger partial charge is 0.367 e. The smallest absolute Gasteiger partial charge is 0.132 e. The van der Waals surface area contributed by atoms with Crippen molar-refractivity contribution in [3.63, 3.8) is 0 Å². The molecule has 2 N–H and O–H groups in total. The van der Waals surface area contributed by atoms with Gasteiger partial charge >= 0.3 is 0 Å². The highest BCUT2D eigenvalue weighted by Crippen LogP contribution is 2.24. The molecule has 1 saturated heterocycles. The zero-order valence-corrected chi connectivity index (χ0v) is 11.4. The van der Waals surface area contributed by atoms with Crippen molar-refractivity contribution in [1.82, 2.24) is 9.97 Å². The molecule has 1 fully saturated rings. The minimum absolute atomic E-state index is 0.0637. The molecule has 1 aliphatic rings. The first kappa shape index (κ1) is 13.2. The second-order valence-electron chi connectivity index (χ2n) is 5.34. The molecule has 0 bridgehead atoms. The second kappa shape index (κ2) is 5.20. The highest BCUT2D eigenvalue weighted by Gasteiger charge is 2.33. The van der Waals surface area contributed by atoms with Gasteiger partial charge in [-0.15, -0.1) is 0 Å². The third-order valence-electron chi connectivity index (χ3n) is 3.14. The molecule has 0 aliphatic carbocycles. The highest BCUT2D eigenvalue weighted by molar-refractivity contribution is 5.40. The standard InChI is InChI=1S/C13H22N4O/c1-4-10-5-12(16-9-15-10)17-7-11(6-14)18-13(2,3)8-17/h5,9,11H,4,6-8,14H2,1-3H3. The van der Waals surface area contributed by atoms with Crippen molar-refractivity contribution in [3.05, 3.63) is 18.1 Å². The Kier molecular flexibility index (Phi) is 3.82. The molecule has 1 aromatic heterocycles. The molecule has 2 heterocycles. The van der Waals surface area contributed by atoms with Crippen LogP contribution in [0.1, 0.15) is 26.5 Å². The Morgan fingerprint density at radius 3 is 2.94 bits per heavy atom. The number of nitrogens with two attached hydrogens (primary N) is 1. The lowest BCUT2D eigenvalue weighted by atomic mass is 10.1. The number of hydrogen-bond donors (Lipinski definition) is 1. The SMILES string of the molecule is CCc1cc(N2CC(CN)OC(C)(C)C2)ncn1. The van der Waals surface area contributed by atoms with Crippen LogP contribution in [0, 0.1) is 0 Å². The highest BCUT2D eigenvalue weighted by atomic mass is 16.5. The summed E-state index contributed by atoms with van der Waals surface area (Å²) < 4.78 is 5.92. The van der Waals surface area contributed by atoms with Crippen LogP contribution in [0.25, 0.3) is 0 Å². The molecule has 1 atom stereocenters. The number of ether oxygens (including phenoxy) is 1. The fourth-order valence-electron chi connectivity index (χ4n) is 2.34. The van der Waals surface area contributed by atoms with Crippen molar-refractivity contribution >= 4 is 5.82 Å². The van der Waals surface area contributed by atoms with Crippen LogP contribution in [0.3, 0.4) is 0 Å². The predicted octanol–water partition coefficient (Wildman–Crippen LogP) is 0.981. The van der Waals surface area contributed by atoms with Crippen LogP contribution >= 0.6 is 0 Å².